The second-order valence-corrected chi connectivity index (χ2v) is 6.02. The number of primary amides is 1. The lowest BCUT2D eigenvalue weighted by atomic mass is 9.75. The van der Waals surface area contributed by atoms with E-state index in [0.29, 0.717) is 5.92 Å². The van der Waals surface area contributed by atoms with Crippen molar-refractivity contribution in [3.05, 3.63) is 35.6 Å². The molecule has 5 rings (SSSR count). The molecule has 2 aromatic rings. The smallest absolute Gasteiger partial charge is 0.284 e. The molecular weight excluding hydrogens is 252 g/mol. The number of amides is 1. The molecule has 0 saturated carbocycles. The van der Waals surface area contributed by atoms with Gasteiger partial charge in [0.1, 0.15) is 5.58 Å². The van der Waals surface area contributed by atoms with Crippen LogP contribution in [0.2, 0.25) is 0 Å². The van der Waals surface area contributed by atoms with Gasteiger partial charge in [0.05, 0.1) is 0 Å². The van der Waals surface area contributed by atoms with E-state index >= 15 is 0 Å². The first-order valence-electron chi connectivity index (χ1n) is 7.26. The van der Waals surface area contributed by atoms with Gasteiger partial charge in [-0.2, -0.15) is 0 Å². The molecule has 4 heteroatoms. The highest BCUT2D eigenvalue weighted by Crippen LogP contribution is 2.39. The van der Waals surface area contributed by atoms with E-state index in [9.17, 15) is 4.79 Å². The third-order valence-electron chi connectivity index (χ3n) is 4.87. The molecule has 2 N–H and O–H groups in total. The third-order valence-corrected chi connectivity index (χ3v) is 4.87. The average Bonchev–Trinajstić information content (AvgIpc) is 2.91. The number of nitrogens with two attached hydrogens (primary N) is 1. The molecule has 104 valence electrons. The Hall–Kier alpha value is -1.81. The zero-order valence-electron chi connectivity index (χ0n) is 11.3. The summed E-state index contributed by atoms with van der Waals surface area (Å²) in [5, 5.41) is 0.979. The quantitative estimate of drug-likeness (QED) is 0.911. The number of furan rings is 1. The van der Waals surface area contributed by atoms with Crippen molar-refractivity contribution in [1.82, 2.24) is 4.90 Å². The fourth-order valence-electron chi connectivity index (χ4n) is 3.76. The zero-order chi connectivity index (χ0) is 13.7. The SMILES string of the molecule is NC(=O)c1cc2cc([C@@H]3CN4CCC3CC4)ccc2o1. The molecule has 4 nitrogen and oxygen atoms in total. The average molecular weight is 270 g/mol. The number of carbonyl (C=O) groups is 1. The molecule has 4 heterocycles. The van der Waals surface area contributed by atoms with Crippen LogP contribution in [0.25, 0.3) is 11.0 Å². The van der Waals surface area contributed by atoms with Gasteiger partial charge in [0, 0.05) is 11.9 Å². The lowest BCUT2D eigenvalue weighted by Gasteiger charge is -2.45. The third kappa shape index (κ3) is 1.83. The largest absolute Gasteiger partial charge is 0.451 e. The molecule has 1 amide bonds. The molecule has 20 heavy (non-hydrogen) atoms. The van der Waals surface area contributed by atoms with Crippen LogP contribution in [0.4, 0.5) is 0 Å². The van der Waals surface area contributed by atoms with Crippen molar-refractivity contribution in [3.8, 4) is 0 Å². The van der Waals surface area contributed by atoms with Crippen molar-refractivity contribution in [2.45, 2.75) is 18.8 Å². The molecule has 3 fully saturated rings. The van der Waals surface area contributed by atoms with Gasteiger partial charge in [0.15, 0.2) is 5.76 Å². The molecule has 3 saturated heterocycles. The number of carbonyl (C=O) groups excluding carboxylic acids is 1. The maximum atomic E-state index is 11.2. The minimum atomic E-state index is -0.509. The van der Waals surface area contributed by atoms with Crippen LogP contribution in [0, 0.1) is 5.92 Å². The standard InChI is InChI=1S/C16H18N2O2/c17-16(19)15-8-12-7-11(1-2-14(12)20-15)13-9-18-5-3-10(13)4-6-18/h1-2,7-8,10,13H,3-6,9H2,(H2,17,19)/t13-/m1/s1. The lowest BCUT2D eigenvalue weighted by molar-refractivity contribution is 0.0871. The predicted molar refractivity (Wildman–Crippen MR) is 76.6 cm³/mol. The molecule has 0 radical (unpaired) electrons. The molecule has 3 aliphatic heterocycles. The highest BCUT2D eigenvalue weighted by Gasteiger charge is 2.34. The fourth-order valence-corrected chi connectivity index (χ4v) is 3.76. The first kappa shape index (κ1) is 12.0. The van der Waals surface area contributed by atoms with Crippen molar-refractivity contribution in [2.75, 3.05) is 19.6 Å². The monoisotopic (exact) mass is 270 g/mol. The van der Waals surface area contributed by atoms with Crippen LogP contribution in [-0.4, -0.2) is 30.4 Å². The van der Waals surface area contributed by atoms with Crippen LogP contribution in [0.3, 0.4) is 0 Å². The summed E-state index contributed by atoms with van der Waals surface area (Å²) in [4.78, 5) is 13.7. The van der Waals surface area contributed by atoms with Crippen LogP contribution >= 0.6 is 0 Å². The molecule has 1 aromatic carbocycles. The number of fused-ring (bicyclic) bond motifs is 4. The van der Waals surface area contributed by atoms with Gasteiger partial charge in [0.2, 0.25) is 0 Å². The van der Waals surface area contributed by atoms with E-state index in [0.717, 1.165) is 23.4 Å². The minimum Gasteiger partial charge on any atom is -0.451 e. The molecule has 0 aliphatic carbocycles. The maximum Gasteiger partial charge on any atom is 0.284 e. The van der Waals surface area contributed by atoms with E-state index in [1.807, 2.05) is 6.07 Å². The summed E-state index contributed by atoms with van der Waals surface area (Å²) in [5.41, 5.74) is 7.37. The van der Waals surface area contributed by atoms with Crippen LogP contribution < -0.4 is 5.73 Å². The number of piperidine rings is 3. The second-order valence-electron chi connectivity index (χ2n) is 6.02. The summed E-state index contributed by atoms with van der Waals surface area (Å²) < 4.78 is 5.45. The Morgan fingerprint density at radius 1 is 1.25 bits per heavy atom. The van der Waals surface area contributed by atoms with Crippen molar-refractivity contribution in [2.24, 2.45) is 11.7 Å². The van der Waals surface area contributed by atoms with E-state index in [1.54, 1.807) is 6.07 Å². The van der Waals surface area contributed by atoms with Crippen LogP contribution in [0.1, 0.15) is 34.9 Å². The Morgan fingerprint density at radius 3 is 2.70 bits per heavy atom. The molecule has 3 aliphatic rings. The van der Waals surface area contributed by atoms with E-state index < -0.39 is 5.91 Å². The van der Waals surface area contributed by atoms with Crippen molar-refractivity contribution in [1.29, 1.82) is 0 Å². The van der Waals surface area contributed by atoms with E-state index in [1.165, 1.54) is 31.5 Å². The van der Waals surface area contributed by atoms with Gasteiger partial charge in [0.25, 0.3) is 5.91 Å². The lowest BCUT2D eigenvalue weighted by Crippen LogP contribution is -2.46. The van der Waals surface area contributed by atoms with E-state index in [-0.39, 0.29) is 5.76 Å². The van der Waals surface area contributed by atoms with Gasteiger partial charge in [-0.15, -0.1) is 0 Å². The number of hydrogen-bond acceptors (Lipinski definition) is 3. The second kappa shape index (κ2) is 4.35. The number of rotatable bonds is 2. The molecule has 2 bridgehead atoms. The van der Waals surface area contributed by atoms with Crippen molar-refractivity contribution < 1.29 is 9.21 Å². The summed E-state index contributed by atoms with van der Waals surface area (Å²) in [7, 11) is 0. The number of benzene rings is 1. The molecule has 0 spiro atoms. The summed E-state index contributed by atoms with van der Waals surface area (Å²) in [6.45, 7) is 3.67. The Labute approximate surface area is 117 Å². The Morgan fingerprint density at radius 2 is 2.05 bits per heavy atom. The van der Waals surface area contributed by atoms with Crippen molar-refractivity contribution in [3.63, 3.8) is 0 Å². The van der Waals surface area contributed by atoms with Crippen LogP contribution in [0.5, 0.6) is 0 Å². The summed E-state index contributed by atoms with van der Waals surface area (Å²) in [6, 6.07) is 8.03. The molecule has 1 aromatic heterocycles. The molecular formula is C16H18N2O2. The highest BCUT2D eigenvalue weighted by molar-refractivity contribution is 5.95. The Balaban J connectivity index is 1.71. The van der Waals surface area contributed by atoms with E-state index in [4.69, 9.17) is 10.2 Å². The number of nitrogens with zero attached hydrogens (tertiary/aromatic N) is 1. The normalized spacial score (nSPS) is 28.9. The van der Waals surface area contributed by atoms with Gasteiger partial charge < -0.3 is 15.1 Å². The maximum absolute atomic E-state index is 11.2. The summed E-state index contributed by atoms with van der Waals surface area (Å²) >= 11 is 0. The minimum absolute atomic E-state index is 0.242. The number of hydrogen-bond donors (Lipinski definition) is 1. The van der Waals surface area contributed by atoms with Crippen LogP contribution in [-0.2, 0) is 0 Å². The Bertz CT molecular complexity index is 668. The topological polar surface area (TPSA) is 59.5 Å². The Kier molecular flexibility index (Phi) is 2.60. The zero-order valence-corrected chi connectivity index (χ0v) is 11.3. The first-order valence-corrected chi connectivity index (χ1v) is 7.26. The van der Waals surface area contributed by atoms with Gasteiger partial charge in [-0.3, -0.25) is 4.79 Å². The fraction of sp³-hybridized carbons (Fsp3) is 0.438. The predicted octanol–water partition coefficient (Wildman–Crippen LogP) is 2.34. The highest BCUT2D eigenvalue weighted by atomic mass is 16.3. The van der Waals surface area contributed by atoms with E-state index in [2.05, 4.69) is 17.0 Å². The van der Waals surface area contributed by atoms with Gasteiger partial charge >= 0.3 is 0 Å². The van der Waals surface area contributed by atoms with Crippen LogP contribution in [0.15, 0.2) is 28.7 Å². The summed E-state index contributed by atoms with van der Waals surface area (Å²) in [6.07, 6.45) is 2.61. The summed E-state index contributed by atoms with van der Waals surface area (Å²) in [5.74, 6) is 1.16. The van der Waals surface area contributed by atoms with Crippen molar-refractivity contribution >= 4 is 16.9 Å². The first-order chi connectivity index (χ1) is 9.70. The molecule has 0 unspecified atom stereocenters. The van der Waals surface area contributed by atoms with Gasteiger partial charge in [-0.25, -0.2) is 0 Å². The van der Waals surface area contributed by atoms with Gasteiger partial charge in [-0.05, 0) is 61.5 Å². The van der Waals surface area contributed by atoms with Gasteiger partial charge in [-0.1, -0.05) is 6.07 Å². The molecule has 1 atom stereocenters.